The molecule has 1 fully saturated rings. The molecule has 0 radical (unpaired) electrons. The summed E-state index contributed by atoms with van der Waals surface area (Å²) < 4.78 is 39.7. The highest BCUT2D eigenvalue weighted by Crippen LogP contribution is 2.27. The lowest BCUT2D eigenvalue weighted by atomic mass is 10.0. The second-order valence-corrected chi connectivity index (χ2v) is 6.29. The molecule has 0 aromatic heterocycles. The summed E-state index contributed by atoms with van der Waals surface area (Å²) >= 11 is 0. The Kier molecular flexibility index (Phi) is 4.97. The fourth-order valence-corrected chi connectivity index (χ4v) is 3.22. The van der Waals surface area contributed by atoms with Crippen LogP contribution in [0.15, 0.2) is 36.4 Å². The van der Waals surface area contributed by atoms with Gasteiger partial charge < -0.3 is 10.4 Å². The highest BCUT2D eigenvalue weighted by molar-refractivity contribution is 5.95. The van der Waals surface area contributed by atoms with Crippen LogP contribution in [0.4, 0.5) is 13.2 Å². The smallest absolute Gasteiger partial charge is 0.308 e. The van der Waals surface area contributed by atoms with Gasteiger partial charge in [0.25, 0.3) is 5.91 Å². The quantitative estimate of drug-likeness (QED) is 0.813. The molecule has 7 heteroatoms. The molecule has 0 aliphatic heterocycles. The Balaban J connectivity index is 1.75. The van der Waals surface area contributed by atoms with Crippen molar-refractivity contribution in [3.8, 4) is 11.1 Å². The van der Waals surface area contributed by atoms with Crippen molar-refractivity contribution in [2.45, 2.75) is 25.3 Å². The largest absolute Gasteiger partial charge is 0.481 e. The molecule has 2 atom stereocenters. The molecule has 4 nitrogen and oxygen atoms in total. The highest BCUT2D eigenvalue weighted by Gasteiger charge is 2.33. The minimum Gasteiger partial charge on any atom is -0.481 e. The van der Waals surface area contributed by atoms with E-state index in [0.717, 1.165) is 18.6 Å². The molecular weight excluding hydrogens is 347 g/mol. The Morgan fingerprint density at radius 1 is 0.962 bits per heavy atom. The molecule has 26 heavy (non-hydrogen) atoms. The number of hydrogen-bond acceptors (Lipinski definition) is 2. The van der Waals surface area contributed by atoms with E-state index in [9.17, 15) is 22.8 Å². The van der Waals surface area contributed by atoms with E-state index in [0.29, 0.717) is 24.0 Å². The van der Waals surface area contributed by atoms with E-state index in [4.69, 9.17) is 5.11 Å². The zero-order chi connectivity index (χ0) is 18.8. The minimum atomic E-state index is -1.53. The number of carboxylic acid groups (broad SMARTS) is 1. The zero-order valence-corrected chi connectivity index (χ0v) is 13.6. The van der Waals surface area contributed by atoms with Crippen molar-refractivity contribution >= 4 is 11.9 Å². The van der Waals surface area contributed by atoms with Gasteiger partial charge in [0.1, 0.15) is 0 Å². The SMILES string of the molecule is O=C(N[C@H]1CCC[C@H]1C(=O)O)c1ccc(-c2cc(F)c(F)c(F)c2)cc1. The summed E-state index contributed by atoms with van der Waals surface area (Å²) in [5.74, 6) is -6.04. The summed E-state index contributed by atoms with van der Waals surface area (Å²) in [6, 6.07) is 7.25. The first kappa shape index (κ1) is 18.0. The average molecular weight is 363 g/mol. The van der Waals surface area contributed by atoms with E-state index in [1.165, 1.54) is 24.3 Å². The molecule has 1 amide bonds. The maximum absolute atomic E-state index is 13.3. The van der Waals surface area contributed by atoms with E-state index in [2.05, 4.69) is 5.32 Å². The molecule has 0 unspecified atom stereocenters. The van der Waals surface area contributed by atoms with Crippen LogP contribution < -0.4 is 5.32 Å². The Morgan fingerprint density at radius 3 is 2.15 bits per heavy atom. The van der Waals surface area contributed by atoms with Gasteiger partial charge >= 0.3 is 5.97 Å². The molecule has 2 aromatic rings. The molecule has 136 valence electrons. The van der Waals surface area contributed by atoms with Crippen molar-refractivity contribution < 1.29 is 27.9 Å². The zero-order valence-electron chi connectivity index (χ0n) is 13.6. The number of hydrogen-bond donors (Lipinski definition) is 2. The van der Waals surface area contributed by atoms with E-state index in [1.807, 2.05) is 0 Å². The molecule has 2 aromatic carbocycles. The van der Waals surface area contributed by atoms with Crippen molar-refractivity contribution in [2.24, 2.45) is 5.92 Å². The second kappa shape index (κ2) is 7.19. The Morgan fingerprint density at radius 2 is 1.58 bits per heavy atom. The van der Waals surface area contributed by atoms with Gasteiger partial charge in [-0.15, -0.1) is 0 Å². The normalized spacial score (nSPS) is 19.3. The van der Waals surface area contributed by atoms with Crippen LogP contribution in [0.3, 0.4) is 0 Å². The fraction of sp³-hybridized carbons (Fsp3) is 0.263. The van der Waals surface area contributed by atoms with Gasteiger partial charge in [-0.1, -0.05) is 18.6 Å². The maximum Gasteiger partial charge on any atom is 0.308 e. The molecule has 0 bridgehead atoms. The van der Waals surface area contributed by atoms with Crippen LogP contribution in [-0.4, -0.2) is 23.0 Å². The van der Waals surface area contributed by atoms with E-state index in [1.54, 1.807) is 0 Å². The number of carboxylic acids is 1. The lowest BCUT2D eigenvalue weighted by Crippen LogP contribution is -2.40. The summed E-state index contributed by atoms with van der Waals surface area (Å²) in [5, 5.41) is 11.9. The molecular formula is C19H16F3NO3. The first-order valence-electron chi connectivity index (χ1n) is 8.15. The van der Waals surface area contributed by atoms with Gasteiger partial charge in [-0.25, -0.2) is 13.2 Å². The standard InChI is InChI=1S/C19H16F3NO3/c20-14-8-12(9-15(21)17(14)22)10-4-6-11(7-5-10)18(24)23-16-3-1-2-13(16)19(25)26/h4-9,13,16H,1-3H2,(H,23,24)(H,25,26)/t13-,16+/m1/s1. The van der Waals surface area contributed by atoms with Crippen molar-refractivity contribution in [3.63, 3.8) is 0 Å². The molecule has 2 N–H and O–H groups in total. The van der Waals surface area contributed by atoms with Gasteiger partial charge in [0.2, 0.25) is 0 Å². The third-order valence-electron chi connectivity index (χ3n) is 4.61. The number of carbonyl (C=O) groups excluding carboxylic acids is 1. The summed E-state index contributed by atoms with van der Waals surface area (Å²) in [6.07, 6.45) is 1.87. The third-order valence-corrected chi connectivity index (χ3v) is 4.61. The van der Waals surface area contributed by atoms with Crippen molar-refractivity contribution in [1.82, 2.24) is 5.32 Å². The third kappa shape index (κ3) is 3.56. The molecule has 0 spiro atoms. The Labute approximate surface area is 147 Å². The Bertz CT molecular complexity index is 829. The van der Waals surface area contributed by atoms with Crippen LogP contribution in [0.25, 0.3) is 11.1 Å². The van der Waals surface area contributed by atoms with E-state index in [-0.39, 0.29) is 5.56 Å². The maximum atomic E-state index is 13.3. The van der Waals surface area contributed by atoms with E-state index >= 15 is 0 Å². The molecule has 1 saturated carbocycles. The average Bonchev–Trinajstić information content (AvgIpc) is 3.07. The van der Waals surface area contributed by atoms with E-state index < -0.39 is 41.3 Å². The summed E-state index contributed by atoms with van der Waals surface area (Å²) in [6.45, 7) is 0. The first-order valence-corrected chi connectivity index (χ1v) is 8.15. The second-order valence-electron chi connectivity index (χ2n) is 6.29. The van der Waals surface area contributed by atoms with Gasteiger partial charge in [-0.3, -0.25) is 9.59 Å². The number of amides is 1. The molecule has 3 rings (SSSR count). The Hall–Kier alpha value is -2.83. The van der Waals surface area contributed by atoms with Gasteiger partial charge in [0.05, 0.1) is 5.92 Å². The molecule has 1 aliphatic carbocycles. The predicted molar refractivity (Wildman–Crippen MR) is 88.0 cm³/mol. The van der Waals surface area contributed by atoms with Crippen molar-refractivity contribution in [3.05, 3.63) is 59.4 Å². The first-order chi connectivity index (χ1) is 12.4. The van der Waals surface area contributed by atoms with Crippen LogP contribution in [0.2, 0.25) is 0 Å². The van der Waals surface area contributed by atoms with Gasteiger partial charge in [0, 0.05) is 11.6 Å². The van der Waals surface area contributed by atoms with Crippen LogP contribution >= 0.6 is 0 Å². The summed E-state index contributed by atoms with van der Waals surface area (Å²) in [4.78, 5) is 23.5. The fourth-order valence-electron chi connectivity index (χ4n) is 3.22. The number of nitrogens with one attached hydrogen (secondary N) is 1. The summed E-state index contributed by atoms with van der Waals surface area (Å²) in [7, 11) is 0. The monoisotopic (exact) mass is 363 g/mol. The van der Waals surface area contributed by atoms with Crippen LogP contribution in [0.5, 0.6) is 0 Å². The van der Waals surface area contributed by atoms with Gasteiger partial charge in [-0.2, -0.15) is 0 Å². The number of carbonyl (C=O) groups is 2. The topological polar surface area (TPSA) is 66.4 Å². The van der Waals surface area contributed by atoms with Crippen LogP contribution in [0.1, 0.15) is 29.6 Å². The lowest BCUT2D eigenvalue weighted by Gasteiger charge is -2.17. The molecule has 1 aliphatic rings. The predicted octanol–water partition coefficient (Wildman–Crippen LogP) is 3.75. The molecule has 0 heterocycles. The summed E-state index contributed by atoms with van der Waals surface area (Å²) in [5.41, 5.74) is 0.867. The number of rotatable bonds is 4. The van der Waals surface area contributed by atoms with Crippen LogP contribution in [0, 0.1) is 23.4 Å². The molecule has 0 saturated heterocycles. The van der Waals surface area contributed by atoms with Gasteiger partial charge in [0.15, 0.2) is 17.5 Å². The minimum absolute atomic E-state index is 0.148. The number of aliphatic carboxylic acids is 1. The van der Waals surface area contributed by atoms with Crippen molar-refractivity contribution in [2.75, 3.05) is 0 Å². The number of halogens is 3. The highest BCUT2D eigenvalue weighted by atomic mass is 19.2. The lowest BCUT2D eigenvalue weighted by molar-refractivity contribution is -0.142. The van der Waals surface area contributed by atoms with Crippen molar-refractivity contribution in [1.29, 1.82) is 0 Å². The number of benzene rings is 2. The van der Waals surface area contributed by atoms with Crippen LogP contribution in [-0.2, 0) is 4.79 Å². The van der Waals surface area contributed by atoms with Gasteiger partial charge in [-0.05, 0) is 48.2 Å².